The standard InChI is InChI=1S/C20H30N6O2/c1-3-16(4-2)18(25-10-12-28-13-11-25)15-22-20(27)24-17-6-7-19(21-14-17)26-9-5-8-23-26/h5-9,14,16,18H,3-4,10-13,15H2,1-2H3,(H2,22,24,27)/t18-/m1/s1. The van der Waals surface area contributed by atoms with Crippen LogP contribution in [-0.4, -0.2) is 64.6 Å². The molecular weight excluding hydrogens is 356 g/mol. The van der Waals surface area contributed by atoms with Gasteiger partial charge < -0.3 is 15.4 Å². The third kappa shape index (κ3) is 5.30. The number of pyridine rings is 1. The molecule has 0 saturated carbocycles. The summed E-state index contributed by atoms with van der Waals surface area (Å²) in [5.41, 5.74) is 0.652. The number of carbonyl (C=O) groups is 1. The fourth-order valence-corrected chi connectivity index (χ4v) is 3.71. The molecule has 1 aliphatic rings. The van der Waals surface area contributed by atoms with Crippen LogP contribution in [0.2, 0.25) is 0 Å². The third-order valence-electron chi connectivity index (χ3n) is 5.32. The van der Waals surface area contributed by atoms with Gasteiger partial charge in [-0.05, 0) is 24.1 Å². The van der Waals surface area contributed by atoms with E-state index in [1.807, 2.05) is 24.4 Å². The highest BCUT2D eigenvalue weighted by Crippen LogP contribution is 2.19. The molecule has 1 atom stereocenters. The lowest BCUT2D eigenvalue weighted by Crippen LogP contribution is -2.52. The molecule has 8 nitrogen and oxygen atoms in total. The quantitative estimate of drug-likeness (QED) is 0.728. The smallest absolute Gasteiger partial charge is 0.319 e. The normalized spacial score (nSPS) is 16.1. The highest BCUT2D eigenvalue weighted by atomic mass is 16.5. The number of carbonyl (C=O) groups excluding carboxylic acids is 1. The van der Waals surface area contributed by atoms with Gasteiger partial charge in [0.15, 0.2) is 5.82 Å². The van der Waals surface area contributed by atoms with E-state index in [2.05, 4.69) is 39.5 Å². The minimum absolute atomic E-state index is 0.210. The largest absolute Gasteiger partial charge is 0.379 e. The van der Waals surface area contributed by atoms with Gasteiger partial charge in [0.05, 0.1) is 25.1 Å². The van der Waals surface area contributed by atoms with Gasteiger partial charge in [-0.25, -0.2) is 14.5 Å². The fraction of sp³-hybridized carbons (Fsp3) is 0.550. The molecule has 28 heavy (non-hydrogen) atoms. The number of ether oxygens (including phenoxy) is 1. The van der Waals surface area contributed by atoms with E-state index in [0.717, 1.165) is 39.1 Å². The molecule has 1 aliphatic heterocycles. The minimum atomic E-state index is -0.210. The van der Waals surface area contributed by atoms with Gasteiger partial charge in [0.2, 0.25) is 0 Å². The van der Waals surface area contributed by atoms with Crippen LogP contribution in [0.4, 0.5) is 10.5 Å². The zero-order valence-electron chi connectivity index (χ0n) is 16.7. The predicted molar refractivity (Wildman–Crippen MR) is 109 cm³/mol. The SMILES string of the molecule is CCC(CC)[C@@H](CNC(=O)Nc1ccc(-n2cccn2)nc1)N1CCOCC1. The zero-order chi connectivity index (χ0) is 19.8. The molecule has 0 bridgehead atoms. The number of hydrogen-bond acceptors (Lipinski definition) is 5. The molecule has 0 spiro atoms. The zero-order valence-corrected chi connectivity index (χ0v) is 16.7. The van der Waals surface area contributed by atoms with E-state index < -0.39 is 0 Å². The van der Waals surface area contributed by atoms with Crippen molar-refractivity contribution in [2.24, 2.45) is 5.92 Å². The van der Waals surface area contributed by atoms with E-state index in [4.69, 9.17) is 4.74 Å². The van der Waals surface area contributed by atoms with Crippen molar-refractivity contribution in [1.82, 2.24) is 25.0 Å². The van der Waals surface area contributed by atoms with Crippen molar-refractivity contribution >= 4 is 11.7 Å². The number of morpholine rings is 1. The van der Waals surface area contributed by atoms with E-state index >= 15 is 0 Å². The molecular formula is C20H30N6O2. The molecule has 0 unspecified atom stereocenters. The lowest BCUT2D eigenvalue weighted by Gasteiger charge is -2.38. The third-order valence-corrected chi connectivity index (χ3v) is 5.32. The van der Waals surface area contributed by atoms with Crippen LogP contribution in [0.3, 0.4) is 0 Å². The van der Waals surface area contributed by atoms with Gasteiger partial charge in [-0.2, -0.15) is 5.10 Å². The summed E-state index contributed by atoms with van der Waals surface area (Å²) in [4.78, 5) is 19.2. The summed E-state index contributed by atoms with van der Waals surface area (Å²) in [5, 5.41) is 10.0. The molecule has 3 rings (SSSR count). The van der Waals surface area contributed by atoms with Crippen LogP contribution in [0.15, 0.2) is 36.8 Å². The van der Waals surface area contributed by atoms with Gasteiger partial charge in [-0.15, -0.1) is 0 Å². The molecule has 1 fully saturated rings. The summed E-state index contributed by atoms with van der Waals surface area (Å²) in [6.07, 6.45) is 7.36. The van der Waals surface area contributed by atoms with Crippen LogP contribution in [0.1, 0.15) is 26.7 Å². The first-order chi connectivity index (χ1) is 13.7. The number of rotatable bonds is 8. The van der Waals surface area contributed by atoms with Gasteiger partial charge in [0.1, 0.15) is 0 Å². The van der Waals surface area contributed by atoms with Crippen molar-refractivity contribution < 1.29 is 9.53 Å². The number of nitrogens with one attached hydrogen (secondary N) is 2. The van der Waals surface area contributed by atoms with Gasteiger partial charge in [0.25, 0.3) is 0 Å². The van der Waals surface area contributed by atoms with Crippen LogP contribution in [0.5, 0.6) is 0 Å². The first-order valence-corrected chi connectivity index (χ1v) is 10.0. The fourth-order valence-electron chi connectivity index (χ4n) is 3.71. The molecule has 2 amide bonds. The Morgan fingerprint density at radius 3 is 2.64 bits per heavy atom. The maximum atomic E-state index is 12.4. The summed E-state index contributed by atoms with van der Waals surface area (Å²) < 4.78 is 7.16. The first-order valence-electron chi connectivity index (χ1n) is 10.0. The molecule has 2 aromatic rings. The summed E-state index contributed by atoms with van der Waals surface area (Å²) in [5.74, 6) is 1.26. The van der Waals surface area contributed by atoms with E-state index in [9.17, 15) is 4.79 Å². The Bertz CT molecular complexity index is 709. The minimum Gasteiger partial charge on any atom is -0.379 e. The Morgan fingerprint density at radius 2 is 2.04 bits per heavy atom. The molecule has 3 heterocycles. The van der Waals surface area contributed by atoms with Crippen LogP contribution < -0.4 is 10.6 Å². The van der Waals surface area contributed by atoms with Crippen LogP contribution >= 0.6 is 0 Å². The molecule has 2 N–H and O–H groups in total. The molecule has 1 saturated heterocycles. The summed E-state index contributed by atoms with van der Waals surface area (Å²) >= 11 is 0. The van der Waals surface area contributed by atoms with E-state index in [-0.39, 0.29) is 6.03 Å². The Balaban J connectivity index is 1.55. The Labute approximate surface area is 166 Å². The van der Waals surface area contributed by atoms with Crippen LogP contribution in [0, 0.1) is 5.92 Å². The molecule has 0 radical (unpaired) electrons. The number of aromatic nitrogens is 3. The number of nitrogens with zero attached hydrogens (tertiary/aromatic N) is 4. The Morgan fingerprint density at radius 1 is 1.25 bits per heavy atom. The van der Waals surface area contributed by atoms with Crippen LogP contribution in [0.25, 0.3) is 5.82 Å². The Kier molecular flexibility index (Phi) is 7.39. The summed E-state index contributed by atoms with van der Waals surface area (Å²) in [7, 11) is 0. The summed E-state index contributed by atoms with van der Waals surface area (Å²) in [6, 6.07) is 5.60. The van der Waals surface area contributed by atoms with Gasteiger partial charge in [-0.1, -0.05) is 26.7 Å². The molecule has 8 heteroatoms. The monoisotopic (exact) mass is 386 g/mol. The van der Waals surface area contributed by atoms with Crippen molar-refractivity contribution in [2.75, 3.05) is 38.2 Å². The van der Waals surface area contributed by atoms with E-state index in [1.165, 1.54) is 0 Å². The molecule has 152 valence electrons. The van der Waals surface area contributed by atoms with Crippen LogP contribution in [-0.2, 0) is 4.74 Å². The topological polar surface area (TPSA) is 84.3 Å². The average molecular weight is 387 g/mol. The average Bonchev–Trinajstić information content (AvgIpc) is 3.27. The number of hydrogen-bond donors (Lipinski definition) is 2. The van der Waals surface area contributed by atoms with E-state index in [1.54, 1.807) is 17.1 Å². The lowest BCUT2D eigenvalue weighted by atomic mass is 9.92. The molecule has 2 aromatic heterocycles. The van der Waals surface area contributed by atoms with E-state index in [0.29, 0.717) is 30.0 Å². The number of urea groups is 1. The first kappa shape index (κ1) is 20.3. The second kappa shape index (κ2) is 10.2. The van der Waals surface area contributed by atoms with Crippen molar-refractivity contribution in [1.29, 1.82) is 0 Å². The molecule has 0 aromatic carbocycles. The van der Waals surface area contributed by atoms with Crippen molar-refractivity contribution in [3.63, 3.8) is 0 Å². The lowest BCUT2D eigenvalue weighted by molar-refractivity contribution is 0.00247. The second-order valence-corrected chi connectivity index (χ2v) is 6.98. The molecule has 0 aliphatic carbocycles. The maximum Gasteiger partial charge on any atom is 0.319 e. The Hall–Kier alpha value is -2.45. The van der Waals surface area contributed by atoms with Gasteiger partial charge >= 0.3 is 6.03 Å². The van der Waals surface area contributed by atoms with Crippen molar-refractivity contribution in [2.45, 2.75) is 32.7 Å². The number of anilines is 1. The van der Waals surface area contributed by atoms with Gasteiger partial charge in [0, 0.05) is 38.1 Å². The van der Waals surface area contributed by atoms with Gasteiger partial charge in [-0.3, -0.25) is 4.90 Å². The second-order valence-electron chi connectivity index (χ2n) is 6.98. The van der Waals surface area contributed by atoms with Crippen molar-refractivity contribution in [3.05, 3.63) is 36.8 Å². The highest BCUT2D eigenvalue weighted by Gasteiger charge is 2.27. The van der Waals surface area contributed by atoms with Crippen molar-refractivity contribution in [3.8, 4) is 5.82 Å². The summed E-state index contributed by atoms with van der Waals surface area (Å²) in [6.45, 7) is 8.42. The maximum absolute atomic E-state index is 12.4. The highest BCUT2D eigenvalue weighted by molar-refractivity contribution is 5.89. The predicted octanol–water partition coefficient (Wildman–Crippen LogP) is 2.53. The number of amides is 2.